The summed E-state index contributed by atoms with van der Waals surface area (Å²) in [4.78, 5) is 18.2. The molecule has 0 unspecified atom stereocenters. The van der Waals surface area contributed by atoms with Gasteiger partial charge in [-0.15, -0.1) is 0 Å². The second-order valence-corrected chi connectivity index (χ2v) is 6.50. The van der Waals surface area contributed by atoms with Gasteiger partial charge in [0.2, 0.25) is 5.91 Å². The van der Waals surface area contributed by atoms with Crippen molar-refractivity contribution >= 4 is 5.91 Å². The minimum absolute atomic E-state index is 0.0321. The van der Waals surface area contributed by atoms with Crippen LogP contribution in [0.4, 0.5) is 0 Å². The summed E-state index contributed by atoms with van der Waals surface area (Å²) >= 11 is 0. The number of hydrogen-bond acceptors (Lipinski definition) is 5. The minimum atomic E-state index is -0.208. The first-order chi connectivity index (χ1) is 10.6. The van der Waals surface area contributed by atoms with Gasteiger partial charge >= 0.3 is 0 Å². The third-order valence-electron chi connectivity index (χ3n) is 4.86. The second-order valence-electron chi connectivity index (χ2n) is 6.50. The van der Waals surface area contributed by atoms with E-state index in [-0.39, 0.29) is 17.9 Å². The second kappa shape index (κ2) is 6.75. The number of primary amides is 1. The zero-order valence-corrected chi connectivity index (χ0v) is 13.1. The van der Waals surface area contributed by atoms with Crippen molar-refractivity contribution in [2.24, 2.45) is 17.6 Å². The Labute approximate surface area is 130 Å². The number of H-pyrrole nitrogens is 1. The SMILES string of the molecule is Cc1nc(CN2CCC(C[C@H]3OCC[C@H]3C(N)=O)CC2)n[nH]1. The Hall–Kier alpha value is -1.47. The molecule has 22 heavy (non-hydrogen) atoms. The number of nitrogens with two attached hydrogens (primary N) is 1. The Bertz CT molecular complexity index is 510. The molecule has 3 N–H and O–H groups in total. The van der Waals surface area contributed by atoms with Crippen LogP contribution in [0.25, 0.3) is 0 Å². The highest BCUT2D eigenvalue weighted by atomic mass is 16.5. The van der Waals surface area contributed by atoms with Crippen LogP contribution in [0.5, 0.6) is 0 Å². The van der Waals surface area contributed by atoms with Crippen LogP contribution in [-0.2, 0) is 16.1 Å². The molecule has 2 atom stereocenters. The van der Waals surface area contributed by atoms with Crippen LogP contribution in [-0.4, -0.2) is 51.8 Å². The molecule has 0 radical (unpaired) electrons. The fraction of sp³-hybridized carbons (Fsp3) is 0.800. The van der Waals surface area contributed by atoms with E-state index in [1.807, 2.05) is 6.92 Å². The highest BCUT2D eigenvalue weighted by Crippen LogP contribution is 2.30. The summed E-state index contributed by atoms with van der Waals surface area (Å²) in [5.74, 6) is 2.05. The van der Waals surface area contributed by atoms with Gasteiger partial charge in [-0.05, 0) is 51.6 Å². The van der Waals surface area contributed by atoms with Gasteiger partial charge in [-0.2, -0.15) is 5.10 Å². The number of piperidine rings is 1. The lowest BCUT2D eigenvalue weighted by Crippen LogP contribution is -2.37. The molecule has 1 aromatic heterocycles. The van der Waals surface area contributed by atoms with Crippen LogP contribution in [0.3, 0.4) is 0 Å². The van der Waals surface area contributed by atoms with E-state index in [0.717, 1.165) is 57.0 Å². The number of nitrogens with one attached hydrogen (secondary N) is 1. The van der Waals surface area contributed by atoms with E-state index in [0.29, 0.717) is 12.5 Å². The lowest BCUT2D eigenvalue weighted by atomic mass is 9.86. The number of carbonyl (C=O) groups is 1. The average molecular weight is 307 g/mol. The highest BCUT2D eigenvalue weighted by Gasteiger charge is 2.35. The molecule has 0 aliphatic carbocycles. The zero-order chi connectivity index (χ0) is 15.5. The van der Waals surface area contributed by atoms with Crippen LogP contribution in [0.1, 0.15) is 37.3 Å². The monoisotopic (exact) mass is 307 g/mol. The van der Waals surface area contributed by atoms with Gasteiger partial charge < -0.3 is 10.5 Å². The number of hydrogen-bond donors (Lipinski definition) is 2. The highest BCUT2D eigenvalue weighted by molar-refractivity contribution is 5.77. The average Bonchev–Trinajstić information content (AvgIpc) is 3.10. The van der Waals surface area contributed by atoms with Gasteiger partial charge in [-0.3, -0.25) is 14.8 Å². The van der Waals surface area contributed by atoms with E-state index >= 15 is 0 Å². The molecule has 1 aromatic rings. The number of aromatic amines is 1. The van der Waals surface area contributed by atoms with Crippen LogP contribution < -0.4 is 5.73 Å². The summed E-state index contributed by atoms with van der Waals surface area (Å²) in [5, 5.41) is 7.07. The van der Waals surface area contributed by atoms with Crippen LogP contribution in [0.15, 0.2) is 0 Å². The van der Waals surface area contributed by atoms with Gasteiger partial charge in [-0.25, -0.2) is 4.98 Å². The topological polar surface area (TPSA) is 97.1 Å². The molecule has 0 bridgehead atoms. The quantitative estimate of drug-likeness (QED) is 0.830. The summed E-state index contributed by atoms with van der Waals surface area (Å²) in [6.45, 7) is 5.49. The lowest BCUT2D eigenvalue weighted by Gasteiger charge is -2.32. The molecule has 2 saturated heterocycles. The van der Waals surface area contributed by atoms with Gasteiger partial charge in [0.15, 0.2) is 5.82 Å². The molecule has 7 heteroatoms. The Morgan fingerprint density at radius 2 is 2.18 bits per heavy atom. The minimum Gasteiger partial charge on any atom is -0.377 e. The molecule has 0 spiro atoms. The molecular formula is C15H25N5O2. The van der Waals surface area contributed by atoms with Crippen molar-refractivity contribution in [2.45, 2.75) is 45.3 Å². The molecule has 2 fully saturated rings. The van der Waals surface area contributed by atoms with E-state index in [9.17, 15) is 4.79 Å². The normalized spacial score (nSPS) is 27.3. The smallest absolute Gasteiger partial charge is 0.223 e. The molecular weight excluding hydrogens is 282 g/mol. The van der Waals surface area contributed by atoms with E-state index < -0.39 is 0 Å². The van der Waals surface area contributed by atoms with Crippen molar-refractivity contribution in [3.63, 3.8) is 0 Å². The number of aromatic nitrogens is 3. The van der Waals surface area contributed by atoms with E-state index in [4.69, 9.17) is 10.5 Å². The molecule has 2 aliphatic rings. The van der Waals surface area contributed by atoms with Crippen LogP contribution in [0.2, 0.25) is 0 Å². The number of amides is 1. The lowest BCUT2D eigenvalue weighted by molar-refractivity contribution is -0.123. The van der Waals surface area contributed by atoms with Crippen molar-refractivity contribution in [2.75, 3.05) is 19.7 Å². The Kier molecular flexibility index (Phi) is 4.73. The summed E-state index contributed by atoms with van der Waals surface area (Å²) < 4.78 is 5.72. The summed E-state index contributed by atoms with van der Waals surface area (Å²) in [6, 6.07) is 0. The first-order valence-corrected chi connectivity index (χ1v) is 8.13. The number of rotatable bonds is 5. The molecule has 0 aromatic carbocycles. The number of carbonyl (C=O) groups excluding carboxylic acids is 1. The van der Waals surface area contributed by atoms with E-state index in [1.165, 1.54) is 0 Å². The van der Waals surface area contributed by atoms with Gasteiger partial charge in [-0.1, -0.05) is 0 Å². The zero-order valence-electron chi connectivity index (χ0n) is 13.1. The molecule has 1 amide bonds. The molecule has 122 valence electrons. The Morgan fingerprint density at radius 1 is 1.41 bits per heavy atom. The van der Waals surface area contributed by atoms with Crippen molar-refractivity contribution < 1.29 is 9.53 Å². The fourth-order valence-electron chi connectivity index (χ4n) is 3.57. The first-order valence-electron chi connectivity index (χ1n) is 8.13. The number of ether oxygens (including phenoxy) is 1. The van der Waals surface area contributed by atoms with Gasteiger partial charge in [0.1, 0.15) is 5.82 Å². The van der Waals surface area contributed by atoms with Crippen LogP contribution in [0, 0.1) is 18.8 Å². The van der Waals surface area contributed by atoms with Crippen LogP contribution >= 0.6 is 0 Å². The maximum atomic E-state index is 11.4. The van der Waals surface area contributed by atoms with E-state index in [1.54, 1.807) is 0 Å². The third-order valence-corrected chi connectivity index (χ3v) is 4.86. The van der Waals surface area contributed by atoms with Gasteiger partial charge in [0.25, 0.3) is 0 Å². The molecule has 2 aliphatic heterocycles. The molecule has 3 rings (SSSR count). The Morgan fingerprint density at radius 3 is 2.82 bits per heavy atom. The standard InChI is InChI=1S/C15H25N5O2/c1-10-17-14(19-18-10)9-20-5-2-11(3-6-20)8-13-12(15(16)21)4-7-22-13/h11-13H,2-9H2,1H3,(H2,16,21)(H,17,18,19)/t12-,13-/m1/s1. The molecule has 3 heterocycles. The Balaban J connectivity index is 1.44. The maximum Gasteiger partial charge on any atom is 0.223 e. The van der Waals surface area contributed by atoms with E-state index in [2.05, 4.69) is 20.1 Å². The predicted octanol–water partition coefficient (Wildman–Crippen LogP) is 0.606. The number of aryl methyl sites for hydroxylation is 1. The maximum absolute atomic E-state index is 11.4. The largest absolute Gasteiger partial charge is 0.377 e. The fourth-order valence-corrected chi connectivity index (χ4v) is 3.57. The van der Waals surface area contributed by atoms with Gasteiger partial charge in [0.05, 0.1) is 18.6 Å². The van der Waals surface area contributed by atoms with Crippen molar-refractivity contribution in [3.8, 4) is 0 Å². The van der Waals surface area contributed by atoms with Crippen molar-refractivity contribution in [1.29, 1.82) is 0 Å². The third kappa shape index (κ3) is 3.64. The van der Waals surface area contributed by atoms with Gasteiger partial charge in [0, 0.05) is 6.61 Å². The molecule has 7 nitrogen and oxygen atoms in total. The summed E-state index contributed by atoms with van der Waals surface area (Å²) in [5.41, 5.74) is 5.46. The number of nitrogens with zero attached hydrogens (tertiary/aromatic N) is 3. The molecule has 0 saturated carbocycles. The first kappa shape index (κ1) is 15.4. The van der Waals surface area contributed by atoms with Crippen molar-refractivity contribution in [3.05, 3.63) is 11.6 Å². The predicted molar refractivity (Wildman–Crippen MR) is 80.8 cm³/mol. The van der Waals surface area contributed by atoms with Crippen molar-refractivity contribution in [1.82, 2.24) is 20.1 Å². The summed E-state index contributed by atoms with van der Waals surface area (Å²) in [6.07, 6.45) is 4.04. The summed E-state index contributed by atoms with van der Waals surface area (Å²) in [7, 11) is 0. The number of likely N-dealkylation sites (tertiary alicyclic amines) is 1.